The number of aromatic nitrogens is 2. The minimum absolute atomic E-state index is 0.169. The summed E-state index contributed by atoms with van der Waals surface area (Å²) in [5.74, 6) is 0.929. The average molecular weight is 570 g/mol. The molecule has 0 aliphatic rings. The SMILES string of the molecule is [2H]c1c([2H])c([2H])c(-c2ccc3c(-n4c(CC)nc5ccccc54)c4ccccc4c(-c4cccc5oc6ccccc6c45)c3c2)c([2H])c1[2H]. The van der Waals surface area contributed by atoms with Gasteiger partial charge in [0.1, 0.15) is 17.0 Å². The van der Waals surface area contributed by atoms with Crippen molar-refractivity contribution >= 4 is 54.5 Å². The van der Waals surface area contributed by atoms with Gasteiger partial charge in [0.2, 0.25) is 0 Å². The second-order valence-corrected chi connectivity index (χ2v) is 11.0. The number of benzene rings is 7. The number of fused-ring (bicyclic) bond motifs is 6. The number of aryl methyl sites for hydroxylation is 1. The Labute approximate surface area is 261 Å². The van der Waals surface area contributed by atoms with Gasteiger partial charge in [0.25, 0.3) is 0 Å². The van der Waals surface area contributed by atoms with Gasteiger partial charge >= 0.3 is 0 Å². The van der Waals surface area contributed by atoms with Crippen LogP contribution in [0.5, 0.6) is 0 Å². The van der Waals surface area contributed by atoms with Gasteiger partial charge in [0.05, 0.1) is 23.6 Å². The molecule has 9 rings (SSSR count). The lowest BCUT2D eigenvalue weighted by Gasteiger charge is -2.21. The quantitative estimate of drug-likeness (QED) is 0.197. The first-order valence-corrected chi connectivity index (χ1v) is 14.8. The number of rotatable bonds is 4. The zero-order chi connectivity index (χ0) is 33.6. The van der Waals surface area contributed by atoms with E-state index in [0.29, 0.717) is 12.0 Å². The van der Waals surface area contributed by atoms with Gasteiger partial charge in [-0.1, -0.05) is 116 Å². The molecule has 208 valence electrons. The number of hydrogen-bond donors (Lipinski definition) is 0. The number of hydrogen-bond acceptors (Lipinski definition) is 2. The predicted octanol–water partition coefficient (Wildman–Crippen LogP) is 11.1. The van der Waals surface area contributed by atoms with Crippen LogP contribution in [0.3, 0.4) is 0 Å². The Kier molecular flexibility index (Phi) is 4.46. The van der Waals surface area contributed by atoms with Gasteiger partial charge in [-0.15, -0.1) is 0 Å². The monoisotopic (exact) mass is 569 g/mol. The Morgan fingerprint density at radius 1 is 0.659 bits per heavy atom. The molecular weight excluding hydrogens is 536 g/mol. The van der Waals surface area contributed by atoms with E-state index >= 15 is 0 Å². The smallest absolute Gasteiger partial charge is 0.136 e. The molecule has 0 fully saturated rings. The fourth-order valence-corrected chi connectivity index (χ4v) is 6.78. The normalized spacial score (nSPS) is 13.4. The average Bonchev–Trinajstić information content (AvgIpc) is 3.71. The Morgan fingerprint density at radius 3 is 2.25 bits per heavy atom. The molecule has 0 bridgehead atoms. The van der Waals surface area contributed by atoms with Crippen molar-refractivity contribution in [3.63, 3.8) is 0 Å². The molecule has 0 radical (unpaired) electrons. The van der Waals surface area contributed by atoms with Crippen molar-refractivity contribution in [2.45, 2.75) is 13.3 Å². The lowest BCUT2D eigenvalue weighted by molar-refractivity contribution is 0.669. The molecule has 2 heterocycles. The highest BCUT2D eigenvalue weighted by Crippen LogP contribution is 2.46. The topological polar surface area (TPSA) is 31.0 Å². The van der Waals surface area contributed by atoms with Crippen LogP contribution in [0.15, 0.2) is 144 Å². The third-order valence-corrected chi connectivity index (χ3v) is 8.63. The van der Waals surface area contributed by atoms with Gasteiger partial charge in [0, 0.05) is 28.0 Å². The molecule has 0 aliphatic heterocycles. The number of nitrogens with zero attached hydrogens (tertiary/aromatic N) is 2. The second kappa shape index (κ2) is 9.68. The van der Waals surface area contributed by atoms with E-state index in [0.717, 1.165) is 77.2 Å². The van der Waals surface area contributed by atoms with Gasteiger partial charge in [-0.25, -0.2) is 4.98 Å². The van der Waals surface area contributed by atoms with Gasteiger partial charge < -0.3 is 4.42 Å². The maximum absolute atomic E-state index is 8.81. The summed E-state index contributed by atoms with van der Waals surface area (Å²) in [6.07, 6.45) is 0.715. The summed E-state index contributed by atoms with van der Waals surface area (Å²) in [6, 6.07) is 35.0. The first-order valence-electron chi connectivity index (χ1n) is 17.3. The molecule has 3 nitrogen and oxygen atoms in total. The Balaban J connectivity index is 1.51. The lowest BCUT2D eigenvalue weighted by Crippen LogP contribution is -2.03. The minimum Gasteiger partial charge on any atom is -0.456 e. The van der Waals surface area contributed by atoms with Crippen molar-refractivity contribution < 1.29 is 11.3 Å². The van der Waals surface area contributed by atoms with Crippen LogP contribution in [0, 0.1) is 0 Å². The van der Waals surface area contributed by atoms with Crippen LogP contribution in [-0.4, -0.2) is 9.55 Å². The first-order chi connectivity index (χ1) is 23.9. The summed E-state index contributed by atoms with van der Waals surface area (Å²) in [5, 5.41) is 5.89. The van der Waals surface area contributed by atoms with E-state index in [4.69, 9.17) is 16.3 Å². The minimum atomic E-state index is -0.411. The van der Waals surface area contributed by atoms with Gasteiger partial charge in [-0.3, -0.25) is 4.57 Å². The van der Waals surface area contributed by atoms with E-state index in [1.165, 1.54) is 0 Å². The number of imidazole rings is 1. The van der Waals surface area contributed by atoms with Crippen molar-refractivity contribution in [3.05, 3.63) is 145 Å². The van der Waals surface area contributed by atoms with E-state index in [-0.39, 0.29) is 29.7 Å². The molecule has 9 aromatic rings. The molecule has 0 N–H and O–H groups in total. The van der Waals surface area contributed by atoms with Crippen molar-refractivity contribution in [2.24, 2.45) is 0 Å². The molecule has 0 unspecified atom stereocenters. The van der Waals surface area contributed by atoms with Crippen LogP contribution in [0.1, 0.15) is 19.6 Å². The Bertz CT molecular complexity index is 2800. The van der Waals surface area contributed by atoms with E-state index < -0.39 is 6.04 Å². The van der Waals surface area contributed by atoms with Crippen molar-refractivity contribution in [1.29, 1.82) is 0 Å². The molecular formula is C41H28N2O. The number of furan rings is 1. The molecule has 0 spiro atoms. The first kappa shape index (κ1) is 20.3. The molecule has 0 saturated heterocycles. The van der Waals surface area contributed by atoms with Crippen LogP contribution in [-0.2, 0) is 6.42 Å². The highest BCUT2D eigenvalue weighted by atomic mass is 16.3. The van der Waals surface area contributed by atoms with Gasteiger partial charge in [0.15, 0.2) is 0 Å². The summed E-state index contributed by atoms with van der Waals surface area (Å²) < 4.78 is 51.2. The maximum Gasteiger partial charge on any atom is 0.136 e. The summed E-state index contributed by atoms with van der Waals surface area (Å²) in [5.41, 5.74) is 7.13. The molecule has 2 aromatic heterocycles. The van der Waals surface area contributed by atoms with Crippen molar-refractivity contribution in [2.75, 3.05) is 0 Å². The third kappa shape index (κ3) is 3.59. The van der Waals surface area contributed by atoms with Crippen LogP contribution in [0.25, 0.3) is 82.5 Å². The van der Waals surface area contributed by atoms with E-state index in [9.17, 15) is 0 Å². The summed E-state index contributed by atoms with van der Waals surface area (Å²) in [6.45, 7) is 2.11. The Morgan fingerprint density at radius 2 is 1.39 bits per heavy atom. The van der Waals surface area contributed by atoms with Gasteiger partial charge in [-0.05, 0) is 63.4 Å². The largest absolute Gasteiger partial charge is 0.456 e. The molecule has 0 amide bonds. The summed E-state index contributed by atoms with van der Waals surface area (Å²) >= 11 is 0. The zero-order valence-electron chi connectivity index (χ0n) is 28.9. The second-order valence-electron chi connectivity index (χ2n) is 11.0. The van der Waals surface area contributed by atoms with Crippen LogP contribution in [0.2, 0.25) is 0 Å². The third-order valence-electron chi connectivity index (χ3n) is 8.63. The highest BCUT2D eigenvalue weighted by Gasteiger charge is 2.23. The number of para-hydroxylation sites is 3. The van der Waals surface area contributed by atoms with E-state index in [1.54, 1.807) is 0 Å². The van der Waals surface area contributed by atoms with E-state index in [1.807, 2.05) is 72.8 Å². The summed E-state index contributed by atoms with van der Waals surface area (Å²) in [7, 11) is 0. The van der Waals surface area contributed by atoms with Gasteiger partial charge in [-0.2, -0.15) is 0 Å². The maximum atomic E-state index is 8.81. The summed E-state index contributed by atoms with van der Waals surface area (Å²) in [4.78, 5) is 5.03. The van der Waals surface area contributed by atoms with E-state index in [2.05, 4.69) is 47.9 Å². The molecule has 0 atom stereocenters. The Hall–Kier alpha value is -5.67. The molecule has 7 aromatic carbocycles. The molecule has 0 aliphatic carbocycles. The standard InChI is InChI=1S/C41H28N2O/c1-2-38-42-34-19-9-10-20-35(34)43(38)41-29-16-7-6-15-28(29)39(33-25-27(23-24-30(33)41)26-13-4-3-5-14-26)32-18-12-22-37-40(32)31-17-8-11-21-36(31)44-37/h3-25H,2H2,1H3/i3D,4D,5D,13D,14D. The van der Waals surface area contributed by atoms with Crippen LogP contribution >= 0.6 is 0 Å². The molecule has 3 heteroatoms. The van der Waals surface area contributed by atoms with Crippen molar-refractivity contribution in [3.8, 4) is 27.9 Å². The zero-order valence-corrected chi connectivity index (χ0v) is 23.9. The van der Waals surface area contributed by atoms with Crippen LogP contribution in [0.4, 0.5) is 0 Å². The van der Waals surface area contributed by atoms with Crippen LogP contribution < -0.4 is 0 Å². The highest BCUT2D eigenvalue weighted by molar-refractivity contribution is 6.24. The van der Waals surface area contributed by atoms with Crippen molar-refractivity contribution in [1.82, 2.24) is 9.55 Å². The fourth-order valence-electron chi connectivity index (χ4n) is 6.78. The lowest BCUT2D eigenvalue weighted by atomic mass is 9.87. The molecule has 0 saturated carbocycles. The fraction of sp³-hybridized carbons (Fsp3) is 0.0488. The predicted molar refractivity (Wildman–Crippen MR) is 184 cm³/mol. The molecule has 44 heavy (non-hydrogen) atoms.